The number of nitrogens with zero attached hydrogens (tertiary/aromatic N) is 1. The summed E-state index contributed by atoms with van der Waals surface area (Å²) in [7, 11) is 1.54. The van der Waals surface area contributed by atoms with Gasteiger partial charge in [-0.15, -0.1) is 0 Å². The molecule has 0 heterocycles. The summed E-state index contributed by atoms with van der Waals surface area (Å²) in [6.45, 7) is -0.317. The standard InChI is InChI=1S/C25H20FN3O4/c1-32-22-12-10-21(11-13-22)29-25(31)18(15-27)14-17-4-2-3-5-23(17)33-16-24(30)28-20-8-6-19(26)7-9-20/h2-14H,16H2,1H3,(H,28,30)(H,29,31). The molecule has 33 heavy (non-hydrogen) atoms. The van der Waals surface area contributed by atoms with Crippen LogP contribution in [0.1, 0.15) is 5.56 Å². The Hall–Kier alpha value is -4.64. The van der Waals surface area contributed by atoms with Crippen LogP contribution in [0.4, 0.5) is 15.8 Å². The van der Waals surface area contributed by atoms with Crippen molar-refractivity contribution in [3.05, 3.63) is 89.8 Å². The SMILES string of the molecule is COc1ccc(NC(=O)C(C#N)=Cc2ccccc2OCC(=O)Nc2ccc(F)cc2)cc1. The van der Waals surface area contributed by atoms with Gasteiger partial charge < -0.3 is 20.1 Å². The number of rotatable bonds is 8. The Morgan fingerprint density at radius 2 is 1.61 bits per heavy atom. The van der Waals surface area contributed by atoms with Crippen LogP contribution in [0.25, 0.3) is 6.08 Å². The highest BCUT2D eigenvalue weighted by Crippen LogP contribution is 2.22. The quantitative estimate of drug-likeness (QED) is 0.395. The Bertz CT molecular complexity index is 1200. The van der Waals surface area contributed by atoms with Gasteiger partial charge in [0.15, 0.2) is 6.61 Å². The summed E-state index contributed by atoms with van der Waals surface area (Å²) < 4.78 is 23.6. The van der Waals surface area contributed by atoms with Gasteiger partial charge in [0.25, 0.3) is 11.8 Å². The van der Waals surface area contributed by atoms with E-state index in [0.29, 0.717) is 28.4 Å². The van der Waals surface area contributed by atoms with Crippen molar-refractivity contribution in [3.63, 3.8) is 0 Å². The van der Waals surface area contributed by atoms with Crippen molar-refractivity contribution in [1.29, 1.82) is 5.26 Å². The third-order valence-corrected chi connectivity index (χ3v) is 4.42. The zero-order valence-corrected chi connectivity index (χ0v) is 17.7. The van der Waals surface area contributed by atoms with Crippen LogP contribution < -0.4 is 20.1 Å². The van der Waals surface area contributed by atoms with Crippen molar-refractivity contribution in [2.45, 2.75) is 0 Å². The molecule has 0 aliphatic carbocycles. The zero-order chi connectivity index (χ0) is 23.6. The van der Waals surface area contributed by atoms with Crippen molar-refractivity contribution < 1.29 is 23.5 Å². The molecule has 0 radical (unpaired) electrons. The molecule has 0 aliphatic rings. The average Bonchev–Trinajstić information content (AvgIpc) is 2.83. The van der Waals surface area contributed by atoms with E-state index in [0.717, 1.165) is 0 Å². The van der Waals surface area contributed by atoms with Gasteiger partial charge in [-0.3, -0.25) is 9.59 Å². The number of hydrogen-bond acceptors (Lipinski definition) is 5. The number of ether oxygens (including phenoxy) is 2. The van der Waals surface area contributed by atoms with E-state index in [2.05, 4.69) is 10.6 Å². The average molecular weight is 445 g/mol. The fourth-order valence-electron chi connectivity index (χ4n) is 2.78. The second-order valence-electron chi connectivity index (χ2n) is 6.73. The summed E-state index contributed by atoms with van der Waals surface area (Å²) in [5.41, 5.74) is 1.25. The van der Waals surface area contributed by atoms with Gasteiger partial charge >= 0.3 is 0 Å². The van der Waals surface area contributed by atoms with Crippen LogP contribution in [0, 0.1) is 17.1 Å². The third kappa shape index (κ3) is 6.67. The molecule has 2 amide bonds. The maximum Gasteiger partial charge on any atom is 0.266 e. The maximum absolute atomic E-state index is 13.0. The fourth-order valence-corrected chi connectivity index (χ4v) is 2.78. The number of nitriles is 1. The van der Waals surface area contributed by atoms with Gasteiger partial charge in [-0.05, 0) is 60.7 Å². The van der Waals surface area contributed by atoms with E-state index in [1.54, 1.807) is 48.5 Å². The number of amides is 2. The van der Waals surface area contributed by atoms with Gasteiger partial charge in [0.1, 0.15) is 29.0 Å². The van der Waals surface area contributed by atoms with Crippen LogP contribution in [0.3, 0.4) is 0 Å². The van der Waals surface area contributed by atoms with E-state index in [4.69, 9.17) is 9.47 Å². The molecule has 7 nitrogen and oxygen atoms in total. The molecule has 3 rings (SSSR count). The summed E-state index contributed by atoms with van der Waals surface area (Å²) >= 11 is 0. The second kappa shape index (κ2) is 11.1. The molecular formula is C25H20FN3O4. The Labute approximate surface area is 190 Å². The molecule has 0 unspecified atom stereocenters. The molecule has 3 aromatic rings. The highest BCUT2D eigenvalue weighted by Gasteiger charge is 2.12. The number of hydrogen-bond donors (Lipinski definition) is 2. The molecule has 0 fully saturated rings. The predicted molar refractivity (Wildman–Crippen MR) is 122 cm³/mol. The number of anilines is 2. The minimum Gasteiger partial charge on any atom is -0.497 e. The van der Waals surface area contributed by atoms with Crippen molar-refractivity contribution in [2.75, 3.05) is 24.4 Å². The number of methoxy groups -OCH3 is 1. The van der Waals surface area contributed by atoms with E-state index >= 15 is 0 Å². The highest BCUT2D eigenvalue weighted by molar-refractivity contribution is 6.09. The maximum atomic E-state index is 13.0. The number of para-hydroxylation sites is 1. The normalized spacial score (nSPS) is 10.6. The van der Waals surface area contributed by atoms with Crippen molar-refractivity contribution in [3.8, 4) is 17.6 Å². The van der Waals surface area contributed by atoms with Gasteiger partial charge in [0.05, 0.1) is 7.11 Å². The first-order valence-electron chi connectivity index (χ1n) is 9.83. The molecule has 0 saturated heterocycles. The summed E-state index contributed by atoms with van der Waals surface area (Å²) in [6.07, 6.45) is 1.38. The van der Waals surface area contributed by atoms with E-state index < -0.39 is 17.6 Å². The molecule has 0 aromatic heterocycles. The monoisotopic (exact) mass is 445 g/mol. The number of carbonyl (C=O) groups excluding carboxylic acids is 2. The van der Waals surface area contributed by atoms with E-state index in [-0.39, 0.29) is 12.2 Å². The molecule has 166 valence electrons. The van der Waals surface area contributed by atoms with Crippen LogP contribution in [0.15, 0.2) is 78.4 Å². The number of benzene rings is 3. The lowest BCUT2D eigenvalue weighted by Crippen LogP contribution is -2.20. The van der Waals surface area contributed by atoms with E-state index in [9.17, 15) is 19.2 Å². The van der Waals surface area contributed by atoms with Crippen LogP contribution in [-0.2, 0) is 9.59 Å². The largest absolute Gasteiger partial charge is 0.497 e. The Morgan fingerprint density at radius 3 is 2.27 bits per heavy atom. The lowest BCUT2D eigenvalue weighted by Gasteiger charge is -2.10. The molecule has 0 aliphatic heterocycles. The van der Waals surface area contributed by atoms with Crippen molar-refractivity contribution in [2.24, 2.45) is 0 Å². The molecule has 3 aromatic carbocycles. The molecule has 0 bridgehead atoms. The summed E-state index contributed by atoms with van der Waals surface area (Å²) in [4.78, 5) is 24.7. The summed E-state index contributed by atoms with van der Waals surface area (Å²) in [6, 6.07) is 20.6. The number of nitrogens with one attached hydrogen (secondary N) is 2. The first kappa shape index (κ1) is 23.0. The summed E-state index contributed by atoms with van der Waals surface area (Å²) in [5, 5.41) is 14.7. The first-order chi connectivity index (χ1) is 16.0. The molecule has 8 heteroatoms. The van der Waals surface area contributed by atoms with Gasteiger partial charge in [0, 0.05) is 16.9 Å². The smallest absolute Gasteiger partial charge is 0.266 e. The fraction of sp³-hybridized carbons (Fsp3) is 0.0800. The van der Waals surface area contributed by atoms with E-state index in [1.165, 1.54) is 37.5 Å². The minimum atomic E-state index is -0.591. The van der Waals surface area contributed by atoms with Crippen LogP contribution in [0.2, 0.25) is 0 Å². The number of halogens is 1. The van der Waals surface area contributed by atoms with Crippen LogP contribution in [-0.4, -0.2) is 25.5 Å². The van der Waals surface area contributed by atoms with Crippen molar-refractivity contribution in [1.82, 2.24) is 0 Å². The molecule has 2 N–H and O–H groups in total. The van der Waals surface area contributed by atoms with Crippen molar-refractivity contribution >= 4 is 29.3 Å². The van der Waals surface area contributed by atoms with Gasteiger partial charge in [-0.2, -0.15) is 5.26 Å². The second-order valence-corrected chi connectivity index (χ2v) is 6.73. The highest BCUT2D eigenvalue weighted by atomic mass is 19.1. The topological polar surface area (TPSA) is 100 Å². The molecule has 0 atom stereocenters. The first-order valence-corrected chi connectivity index (χ1v) is 9.83. The molecule has 0 spiro atoms. The number of carbonyl (C=O) groups is 2. The minimum absolute atomic E-state index is 0.141. The Morgan fingerprint density at radius 1 is 0.970 bits per heavy atom. The third-order valence-electron chi connectivity index (χ3n) is 4.42. The molecule has 0 saturated carbocycles. The zero-order valence-electron chi connectivity index (χ0n) is 17.7. The molecular weight excluding hydrogens is 425 g/mol. The van der Waals surface area contributed by atoms with Gasteiger partial charge in [-0.1, -0.05) is 18.2 Å². The van der Waals surface area contributed by atoms with E-state index in [1.807, 2.05) is 6.07 Å². The predicted octanol–water partition coefficient (Wildman–Crippen LogP) is 4.40. The van der Waals surface area contributed by atoms with Crippen LogP contribution >= 0.6 is 0 Å². The Kier molecular flexibility index (Phi) is 7.76. The lowest BCUT2D eigenvalue weighted by atomic mass is 10.1. The van der Waals surface area contributed by atoms with Crippen LogP contribution in [0.5, 0.6) is 11.5 Å². The van der Waals surface area contributed by atoms with Gasteiger partial charge in [-0.25, -0.2) is 4.39 Å². The lowest BCUT2D eigenvalue weighted by molar-refractivity contribution is -0.118. The summed E-state index contributed by atoms with van der Waals surface area (Å²) in [5.74, 6) is -0.491. The Balaban J connectivity index is 1.67. The van der Waals surface area contributed by atoms with Gasteiger partial charge in [0.2, 0.25) is 0 Å².